The van der Waals surface area contributed by atoms with Crippen molar-refractivity contribution in [1.29, 1.82) is 0 Å². The van der Waals surface area contributed by atoms with Gasteiger partial charge in [-0.3, -0.25) is 9.48 Å². The van der Waals surface area contributed by atoms with Gasteiger partial charge in [0.15, 0.2) is 0 Å². The molecule has 6 heteroatoms. The lowest BCUT2D eigenvalue weighted by Gasteiger charge is -2.29. The SMILES string of the molecule is CC(C)c1nn(C)c2sc(C(=O)NC(CN)C3CCCCC3)cc12. The van der Waals surface area contributed by atoms with E-state index in [1.54, 1.807) is 0 Å². The maximum Gasteiger partial charge on any atom is 0.261 e. The molecule has 5 nitrogen and oxygen atoms in total. The average Bonchev–Trinajstić information content (AvgIpc) is 3.14. The highest BCUT2D eigenvalue weighted by Crippen LogP contribution is 2.32. The van der Waals surface area contributed by atoms with Gasteiger partial charge in [0.1, 0.15) is 4.83 Å². The van der Waals surface area contributed by atoms with Gasteiger partial charge in [-0.15, -0.1) is 11.3 Å². The fourth-order valence-corrected chi connectivity index (χ4v) is 4.73. The fraction of sp³-hybridized carbons (Fsp3) is 0.667. The van der Waals surface area contributed by atoms with E-state index in [0.717, 1.165) is 20.8 Å². The minimum absolute atomic E-state index is 0.00642. The molecule has 1 aliphatic rings. The Hall–Kier alpha value is -1.40. The van der Waals surface area contributed by atoms with Crippen molar-refractivity contribution >= 4 is 27.5 Å². The molecule has 0 aromatic carbocycles. The van der Waals surface area contributed by atoms with Gasteiger partial charge < -0.3 is 11.1 Å². The minimum Gasteiger partial charge on any atom is -0.347 e. The van der Waals surface area contributed by atoms with E-state index in [2.05, 4.69) is 24.3 Å². The molecule has 0 saturated heterocycles. The summed E-state index contributed by atoms with van der Waals surface area (Å²) < 4.78 is 1.88. The van der Waals surface area contributed by atoms with Gasteiger partial charge in [0.25, 0.3) is 5.91 Å². The lowest BCUT2D eigenvalue weighted by atomic mass is 9.84. The van der Waals surface area contributed by atoms with Crippen LogP contribution in [-0.4, -0.2) is 28.3 Å². The third kappa shape index (κ3) is 3.35. The summed E-state index contributed by atoms with van der Waals surface area (Å²) in [6.07, 6.45) is 6.17. The summed E-state index contributed by atoms with van der Waals surface area (Å²) in [6.45, 7) is 4.78. The lowest BCUT2D eigenvalue weighted by molar-refractivity contribution is 0.0920. The van der Waals surface area contributed by atoms with Crippen LogP contribution < -0.4 is 11.1 Å². The first kappa shape index (κ1) is 17.4. The van der Waals surface area contributed by atoms with E-state index < -0.39 is 0 Å². The second-order valence-electron chi connectivity index (χ2n) is 7.21. The van der Waals surface area contributed by atoms with E-state index in [4.69, 9.17) is 5.73 Å². The summed E-state index contributed by atoms with van der Waals surface area (Å²) in [4.78, 5) is 14.6. The van der Waals surface area contributed by atoms with Crippen molar-refractivity contribution in [2.75, 3.05) is 6.54 Å². The van der Waals surface area contributed by atoms with Crippen molar-refractivity contribution in [2.24, 2.45) is 18.7 Å². The molecule has 0 spiro atoms. The van der Waals surface area contributed by atoms with Gasteiger partial charge in [-0.05, 0) is 30.7 Å². The van der Waals surface area contributed by atoms with Crippen molar-refractivity contribution in [3.63, 3.8) is 0 Å². The Morgan fingerprint density at radius 3 is 2.75 bits per heavy atom. The smallest absolute Gasteiger partial charge is 0.261 e. The number of rotatable bonds is 5. The maximum absolute atomic E-state index is 12.7. The summed E-state index contributed by atoms with van der Waals surface area (Å²) in [7, 11) is 1.94. The molecule has 0 radical (unpaired) electrons. The van der Waals surface area contributed by atoms with Gasteiger partial charge in [-0.1, -0.05) is 33.1 Å². The number of amides is 1. The second-order valence-corrected chi connectivity index (χ2v) is 8.24. The molecule has 0 aliphatic heterocycles. The van der Waals surface area contributed by atoms with Crippen LogP contribution in [0.15, 0.2) is 6.07 Å². The topological polar surface area (TPSA) is 72.9 Å². The standard InChI is InChI=1S/C18H28N4OS/c1-11(2)16-13-9-15(24-18(13)22(3)21-16)17(23)20-14(10-19)12-7-5-4-6-8-12/h9,11-12,14H,4-8,10,19H2,1-3H3,(H,20,23). The van der Waals surface area contributed by atoms with Crippen molar-refractivity contribution in [1.82, 2.24) is 15.1 Å². The van der Waals surface area contributed by atoms with Crippen molar-refractivity contribution in [3.8, 4) is 0 Å². The summed E-state index contributed by atoms with van der Waals surface area (Å²) >= 11 is 1.52. The number of nitrogens with zero attached hydrogens (tertiary/aromatic N) is 2. The molecule has 2 aromatic rings. The highest BCUT2D eigenvalue weighted by Gasteiger charge is 2.25. The molecule has 2 aromatic heterocycles. The molecular formula is C18H28N4OS. The monoisotopic (exact) mass is 348 g/mol. The number of carbonyl (C=O) groups is 1. The molecule has 0 bridgehead atoms. The van der Waals surface area contributed by atoms with Crippen LogP contribution in [0.1, 0.15) is 67.2 Å². The van der Waals surface area contributed by atoms with E-state index in [9.17, 15) is 4.79 Å². The van der Waals surface area contributed by atoms with E-state index in [-0.39, 0.29) is 11.9 Å². The summed E-state index contributed by atoms with van der Waals surface area (Å²) in [5, 5.41) is 8.87. The molecule has 132 valence electrons. The third-order valence-electron chi connectivity index (χ3n) is 5.10. The first-order chi connectivity index (χ1) is 11.5. The number of carbonyl (C=O) groups excluding carboxylic acids is 1. The number of aromatic nitrogens is 2. The van der Waals surface area contributed by atoms with Crippen LogP contribution in [0.2, 0.25) is 0 Å². The largest absolute Gasteiger partial charge is 0.347 e. The number of fused-ring (bicyclic) bond motifs is 1. The zero-order valence-electron chi connectivity index (χ0n) is 14.8. The Bertz CT molecular complexity index is 712. The fourth-order valence-electron chi connectivity index (χ4n) is 3.75. The first-order valence-electron chi connectivity index (χ1n) is 8.98. The van der Waals surface area contributed by atoms with E-state index in [1.165, 1.54) is 43.4 Å². The predicted molar refractivity (Wildman–Crippen MR) is 99.6 cm³/mol. The Morgan fingerprint density at radius 1 is 1.42 bits per heavy atom. The third-order valence-corrected chi connectivity index (χ3v) is 6.30. The van der Waals surface area contributed by atoms with Crippen molar-refractivity contribution in [2.45, 2.75) is 57.9 Å². The van der Waals surface area contributed by atoms with Crippen molar-refractivity contribution in [3.05, 3.63) is 16.6 Å². The van der Waals surface area contributed by atoms with Gasteiger partial charge in [0.2, 0.25) is 0 Å². The van der Waals surface area contributed by atoms with Crippen LogP contribution in [0.25, 0.3) is 10.2 Å². The van der Waals surface area contributed by atoms with Crippen LogP contribution >= 0.6 is 11.3 Å². The van der Waals surface area contributed by atoms with E-state index in [1.807, 2.05) is 17.8 Å². The Balaban J connectivity index is 1.79. The highest BCUT2D eigenvalue weighted by molar-refractivity contribution is 7.20. The molecule has 3 N–H and O–H groups in total. The minimum atomic E-state index is 0.00642. The molecular weight excluding hydrogens is 320 g/mol. The van der Waals surface area contributed by atoms with Crippen LogP contribution in [0.5, 0.6) is 0 Å². The average molecular weight is 349 g/mol. The Kier molecular flexibility index (Phi) is 5.25. The zero-order valence-corrected chi connectivity index (χ0v) is 15.7. The molecule has 1 saturated carbocycles. The molecule has 1 atom stereocenters. The van der Waals surface area contributed by atoms with Crippen LogP contribution in [0.4, 0.5) is 0 Å². The number of nitrogens with two attached hydrogens (primary N) is 1. The Labute approximate surface area is 147 Å². The molecule has 1 fully saturated rings. The van der Waals surface area contributed by atoms with Crippen LogP contribution in [0.3, 0.4) is 0 Å². The molecule has 1 aliphatic carbocycles. The maximum atomic E-state index is 12.7. The first-order valence-corrected chi connectivity index (χ1v) is 9.80. The normalized spacial score (nSPS) is 17.5. The Morgan fingerprint density at radius 2 is 2.12 bits per heavy atom. The summed E-state index contributed by atoms with van der Waals surface area (Å²) in [5.41, 5.74) is 7.01. The number of hydrogen-bond donors (Lipinski definition) is 2. The molecule has 24 heavy (non-hydrogen) atoms. The van der Waals surface area contributed by atoms with E-state index in [0.29, 0.717) is 18.4 Å². The molecule has 1 unspecified atom stereocenters. The number of aryl methyl sites for hydroxylation is 1. The predicted octanol–water partition coefficient (Wildman–Crippen LogP) is 3.40. The molecule has 1 amide bonds. The number of hydrogen-bond acceptors (Lipinski definition) is 4. The van der Waals surface area contributed by atoms with Crippen LogP contribution in [-0.2, 0) is 7.05 Å². The second kappa shape index (κ2) is 7.23. The summed E-state index contributed by atoms with van der Waals surface area (Å²) in [5.74, 6) is 0.875. The van der Waals surface area contributed by atoms with Gasteiger partial charge in [0, 0.05) is 25.0 Å². The van der Waals surface area contributed by atoms with Gasteiger partial charge >= 0.3 is 0 Å². The van der Waals surface area contributed by atoms with Gasteiger partial charge in [0.05, 0.1) is 10.6 Å². The molecule has 2 heterocycles. The van der Waals surface area contributed by atoms with Crippen LogP contribution in [0, 0.1) is 5.92 Å². The number of thiophene rings is 1. The summed E-state index contributed by atoms with van der Waals surface area (Å²) in [6, 6.07) is 2.08. The lowest BCUT2D eigenvalue weighted by Crippen LogP contribution is -2.45. The number of nitrogens with one attached hydrogen (secondary N) is 1. The van der Waals surface area contributed by atoms with Gasteiger partial charge in [-0.2, -0.15) is 5.10 Å². The quantitative estimate of drug-likeness (QED) is 0.870. The molecule has 3 rings (SSSR count). The zero-order chi connectivity index (χ0) is 17.3. The van der Waals surface area contributed by atoms with Crippen molar-refractivity contribution < 1.29 is 4.79 Å². The van der Waals surface area contributed by atoms with Gasteiger partial charge in [-0.25, -0.2) is 0 Å². The highest BCUT2D eigenvalue weighted by atomic mass is 32.1. The van der Waals surface area contributed by atoms with E-state index >= 15 is 0 Å².